The van der Waals surface area contributed by atoms with Gasteiger partial charge in [0, 0.05) is 12.8 Å². The molecule has 0 aliphatic heterocycles. The largest absolute Gasteiger partial charge is 0.462 e. The fourth-order valence-corrected chi connectivity index (χ4v) is 3.89. The number of unbranched alkanes of at least 4 members (excludes halogenated alkanes) is 4. The monoisotopic (exact) mass is 608 g/mol. The van der Waals surface area contributed by atoms with Crippen molar-refractivity contribution in [2.24, 2.45) is 0 Å². The van der Waals surface area contributed by atoms with E-state index in [1.807, 2.05) is 0 Å². The summed E-state index contributed by atoms with van der Waals surface area (Å²) in [7, 11) is 0. The number of ether oxygens (including phenoxy) is 2. The number of aliphatic hydroxyl groups is 1. The van der Waals surface area contributed by atoms with Crippen molar-refractivity contribution in [2.75, 3.05) is 13.2 Å². The average molecular weight is 609 g/mol. The van der Waals surface area contributed by atoms with E-state index in [0.29, 0.717) is 12.8 Å². The van der Waals surface area contributed by atoms with Gasteiger partial charge in [-0.25, -0.2) is 0 Å². The topological polar surface area (TPSA) is 72.8 Å². The molecule has 0 rings (SSSR count). The van der Waals surface area contributed by atoms with Crippen molar-refractivity contribution in [1.29, 1.82) is 0 Å². The minimum Gasteiger partial charge on any atom is -0.462 e. The summed E-state index contributed by atoms with van der Waals surface area (Å²) in [4.78, 5) is 24.1. The zero-order valence-electron chi connectivity index (χ0n) is 27.6. The molecular weight excluding hydrogens is 548 g/mol. The zero-order chi connectivity index (χ0) is 32.2. The van der Waals surface area contributed by atoms with Gasteiger partial charge in [-0.2, -0.15) is 0 Å². The van der Waals surface area contributed by atoms with Crippen LogP contribution in [0.2, 0.25) is 0 Å². The van der Waals surface area contributed by atoms with Gasteiger partial charge in [0.1, 0.15) is 6.61 Å². The third-order valence-corrected chi connectivity index (χ3v) is 6.37. The summed E-state index contributed by atoms with van der Waals surface area (Å²) in [5.41, 5.74) is 0. The minimum absolute atomic E-state index is 0.111. The van der Waals surface area contributed by atoms with Crippen molar-refractivity contribution < 1.29 is 24.2 Å². The lowest BCUT2D eigenvalue weighted by Gasteiger charge is -2.15. The molecule has 0 unspecified atom stereocenters. The first-order valence-corrected chi connectivity index (χ1v) is 16.8. The molecule has 5 heteroatoms. The molecule has 246 valence electrons. The number of hydrogen-bond donors (Lipinski definition) is 1. The van der Waals surface area contributed by atoms with Crippen LogP contribution < -0.4 is 0 Å². The predicted octanol–water partition coefficient (Wildman–Crippen LogP) is 10.2. The molecule has 0 aliphatic rings. The Labute approximate surface area is 268 Å². The molecular formula is C39H60O5. The van der Waals surface area contributed by atoms with Crippen molar-refractivity contribution in [3.63, 3.8) is 0 Å². The maximum absolute atomic E-state index is 12.1. The van der Waals surface area contributed by atoms with Gasteiger partial charge in [-0.3, -0.25) is 9.59 Å². The first kappa shape index (κ1) is 40.8. The maximum atomic E-state index is 12.1. The third-order valence-electron chi connectivity index (χ3n) is 6.37. The van der Waals surface area contributed by atoms with Crippen molar-refractivity contribution >= 4 is 11.9 Å². The van der Waals surface area contributed by atoms with Crippen LogP contribution in [0.15, 0.2) is 97.2 Å². The van der Waals surface area contributed by atoms with Gasteiger partial charge in [0.2, 0.25) is 0 Å². The smallest absolute Gasteiger partial charge is 0.306 e. The van der Waals surface area contributed by atoms with Crippen LogP contribution >= 0.6 is 0 Å². The summed E-state index contributed by atoms with van der Waals surface area (Å²) < 4.78 is 10.5. The van der Waals surface area contributed by atoms with Crippen LogP contribution in [0.1, 0.15) is 117 Å². The zero-order valence-corrected chi connectivity index (χ0v) is 27.6. The quantitative estimate of drug-likeness (QED) is 0.0543. The molecule has 0 bridgehead atoms. The number of carbonyl (C=O) groups excluding carboxylic acids is 2. The molecule has 5 nitrogen and oxygen atoms in total. The lowest BCUT2D eigenvalue weighted by Crippen LogP contribution is -2.28. The van der Waals surface area contributed by atoms with Crippen molar-refractivity contribution in [3.8, 4) is 0 Å². The highest BCUT2D eigenvalue weighted by atomic mass is 16.6. The Morgan fingerprint density at radius 1 is 0.523 bits per heavy atom. The number of carbonyl (C=O) groups is 2. The van der Waals surface area contributed by atoms with Gasteiger partial charge >= 0.3 is 11.9 Å². The third kappa shape index (κ3) is 31.7. The SMILES string of the molecule is CCC=CCC=CCC=CCC=CCCCCC(=O)OC[C@H](CO)OC(=O)CCCCC=CCC=CCC=CCC=CCC. The number of esters is 2. The molecule has 0 fully saturated rings. The van der Waals surface area contributed by atoms with Gasteiger partial charge in [-0.15, -0.1) is 0 Å². The Morgan fingerprint density at radius 2 is 0.886 bits per heavy atom. The van der Waals surface area contributed by atoms with Gasteiger partial charge in [0.25, 0.3) is 0 Å². The van der Waals surface area contributed by atoms with Gasteiger partial charge < -0.3 is 14.6 Å². The molecule has 44 heavy (non-hydrogen) atoms. The first-order valence-electron chi connectivity index (χ1n) is 16.8. The molecule has 0 radical (unpaired) electrons. The summed E-state index contributed by atoms with van der Waals surface area (Å²) in [5.74, 6) is -0.703. The van der Waals surface area contributed by atoms with Crippen molar-refractivity contribution in [3.05, 3.63) is 97.2 Å². The van der Waals surface area contributed by atoms with Gasteiger partial charge in [0.15, 0.2) is 6.10 Å². The van der Waals surface area contributed by atoms with E-state index in [0.717, 1.165) is 83.5 Å². The molecule has 0 saturated carbocycles. The standard InChI is InChI=1S/C39H60O5/c1-3-5-7-9-11-13-15-17-19-21-23-25-27-29-31-33-38(41)43-36-37(35-40)44-39(42)34-32-30-28-26-24-22-20-18-16-14-12-10-8-6-4-2/h5-8,11-14,17-20,23-26,37,40H,3-4,9-10,15-16,21-22,27-36H2,1-2H3/t37-/m0/s1. The van der Waals surface area contributed by atoms with E-state index in [4.69, 9.17) is 9.47 Å². The summed E-state index contributed by atoms with van der Waals surface area (Å²) in [5, 5.41) is 9.50. The summed E-state index contributed by atoms with van der Waals surface area (Å²) in [6.45, 7) is 3.80. The van der Waals surface area contributed by atoms with Crippen LogP contribution in [0, 0.1) is 0 Å². The molecule has 0 heterocycles. The molecule has 0 aromatic carbocycles. The average Bonchev–Trinajstić information content (AvgIpc) is 3.02. The lowest BCUT2D eigenvalue weighted by molar-refractivity contribution is -0.161. The molecule has 0 saturated heterocycles. The number of hydrogen-bond acceptors (Lipinski definition) is 5. The predicted molar refractivity (Wildman–Crippen MR) is 186 cm³/mol. The molecule has 0 spiro atoms. The molecule has 0 amide bonds. The Morgan fingerprint density at radius 3 is 1.27 bits per heavy atom. The lowest BCUT2D eigenvalue weighted by atomic mass is 10.1. The summed E-state index contributed by atoms with van der Waals surface area (Å²) in [6, 6.07) is 0. The van der Waals surface area contributed by atoms with E-state index in [1.54, 1.807) is 0 Å². The second kappa shape index (κ2) is 34.3. The van der Waals surface area contributed by atoms with Crippen LogP contribution in [-0.4, -0.2) is 36.4 Å². The van der Waals surface area contributed by atoms with E-state index in [9.17, 15) is 14.7 Å². The second-order valence-corrected chi connectivity index (χ2v) is 10.5. The van der Waals surface area contributed by atoms with E-state index in [1.165, 1.54) is 0 Å². The first-order chi connectivity index (χ1) is 21.6. The highest BCUT2D eigenvalue weighted by Crippen LogP contribution is 2.07. The molecule has 0 aliphatic carbocycles. The Hall–Kier alpha value is -3.18. The second-order valence-electron chi connectivity index (χ2n) is 10.5. The van der Waals surface area contributed by atoms with E-state index >= 15 is 0 Å². The van der Waals surface area contributed by atoms with Crippen LogP contribution in [-0.2, 0) is 19.1 Å². The van der Waals surface area contributed by atoms with Crippen LogP contribution in [0.5, 0.6) is 0 Å². The number of rotatable bonds is 28. The maximum Gasteiger partial charge on any atom is 0.306 e. The highest BCUT2D eigenvalue weighted by Gasteiger charge is 2.15. The highest BCUT2D eigenvalue weighted by molar-refractivity contribution is 5.70. The fourth-order valence-electron chi connectivity index (χ4n) is 3.89. The van der Waals surface area contributed by atoms with Gasteiger partial charge in [-0.05, 0) is 89.9 Å². The molecule has 1 N–H and O–H groups in total. The van der Waals surface area contributed by atoms with Crippen molar-refractivity contribution in [2.45, 2.75) is 123 Å². The van der Waals surface area contributed by atoms with Crippen molar-refractivity contribution in [1.82, 2.24) is 0 Å². The van der Waals surface area contributed by atoms with Gasteiger partial charge in [0.05, 0.1) is 6.61 Å². The Kier molecular flexibility index (Phi) is 31.8. The van der Waals surface area contributed by atoms with Crippen LogP contribution in [0.3, 0.4) is 0 Å². The number of aliphatic hydroxyl groups excluding tert-OH is 1. The summed E-state index contributed by atoms with van der Waals surface area (Å²) >= 11 is 0. The molecule has 0 aromatic heterocycles. The van der Waals surface area contributed by atoms with Crippen LogP contribution in [0.25, 0.3) is 0 Å². The Bertz CT molecular complexity index is 917. The fraction of sp³-hybridized carbons (Fsp3) is 0.538. The normalized spacial score (nSPS) is 13.4. The van der Waals surface area contributed by atoms with Gasteiger partial charge in [-0.1, -0.05) is 111 Å². The van der Waals surface area contributed by atoms with E-state index < -0.39 is 6.10 Å². The van der Waals surface area contributed by atoms with E-state index in [-0.39, 0.29) is 31.6 Å². The summed E-state index contributed by atoms with van der Waals surface area (Å²) in [6.07, 6.45) is 47.5. The minimum atomic E-state index is -0.815. The number of allylic oxidation sites excluding steroid dienone is 16. The van der Waals surface area contributed by atoms with E-state index in [2.05, 4.69) is 111 Å². The van der Waals surface area contributed by atoms with Crippen LogP contribution in [0.4, 0.5) is 0 Å². The molecule has 0 aromatic rings. The molecule has 1 atom stereocenters. The Balaban J connectivity index is 3.79.